The molecule has 0 aromatic heterocycles. The Morgan fingerprint density at radius 1 is 1.00 bits per heavy atom. The van der Waals surface area contributed by atoms with Crippen LogP contribution in [0.2, 0.25) is 0 Å². The summed E-state index contributed by atoms with van der Waals surface area (Å²) >= 11 is 0. The summed E-state index contributed by atoms with van der Waals surface area (Å²) in [7, 11) is -16.5. The van der Waals surface area contributed by atoms with E-state index < -0.39 is 47.1 Å². The minimum absolute atomic E-state index is 0.0709. The average molecular weight is 462 g/mol. The number of rotatable bonds is 6. The predicted octanol–water partition coefficient (Wildman–Crippen LogP) is 5.37. The van der Waals surface area contributed by atoms with Gasteiger partial charge in [-0.25, -0.2) is 12.8 Å². The molecule has 0 spiro atoms. The van der Waals surface area contributed by atoms with Crippen molar-refractivity contribution in [1.82, 2.24) is 4.13 Å². The van der Waals surface area contributed by atoms with E-state index in [-0.39, 0.29) is 5.56 Å². The van der Waals surface area contributed by atoms with Gasteiger partial charge in [-0.15, -0.1) is 0 Å². The molecule has 0 fully saturated rings. The third kappa shape index (κ3) is 6.65. The molecule has 2 rings (SSSR count). The summed E-state index contributed by atoms with van der Waals surface area (Å²) in [6, 6.07) is 8.43. The highest BCUT2D eigenvalue weighted by molar-refractivity contribution is 8.47. The fourth-order valence-electron chi connectivity index (χ4n) is 2.30. The number of benzene rings is 2. The minimum Gasteiger partial charge on any atom is -0.326 e. The molecule has 5 nitrogen and oxygen atoms in total. The molecule has 1 unspecified atom stereocenters. The molecular formula is C16H16F6N2O3S2. The summed E-state index contributed by atoms with van der Waals surface area (Å²) in [6.07, 6.45) is 0. The van der Waals surface area contributed by atoms with Gasteiger partial charge in [0.2, 0.25) is 5.91 Å². The minimum atomic E-state index is -10.6. The van der Waals surface area contributed by atoms with Crippen LogP contribution in [0.5, 0.6) is 0 Å². The van der Waals surface area contributed by atoms with Gasteiger partial charge in [0.05, 0.1) is 5.92 Å². The van der Waals surface area contributed by atoms with Crippen molar-refractivity contribution < 1.29 is 37.0 Å². The molecule has 0 saturated heterocycles. The van der Waals surface area contributed by atoms with Crippen molar-refractivity contribution in [2.24, 2.45) is 0 Å². The molecule has 0 radical (unpaired) electrons. The highest BCUT2D eigenvalue weighted by Crippen LogP contribution is 2.95. The van der Waals surface area contributed by atoms with Crippen molar-refractivity contribution in [3.8, 4) is 0 Å². The Hall–Kier alpha value is -2.25. The molecule has 2 aromatic rings. The van der Waals surface area contributed by atoms with Gasteiger partial charge in [-0.3, -0.25) is 4.79 Å². The van der Waals surface area contributed by atoms with Gasteiger partial charge in [-0.05, 0) is 43.7 Å². The van der Waals surface area contributed by atoms with Gasteiger partial charge in [0, 0.05) is 5.69 Å². The molecular weight excluding hydrogens is 446 g/mol. The van der Waals surface area contributed by atoms with E-state index in [9.17, 15) is 37.0 Å². The Labute approximate surface area is 163 Å². The van der Waals surface area contributed by atoms with E-state index in [1.807, 2.05) is 6.92 Å². The zero-order valence-electron chi connectivity index (χ0n) is 14.9. The maximum atomic E-state index is 14.1. The standard InChI is InChI=1S/C16H16F6N2O3S2/c1-10-3-6-13(7-4-10)23-16(25)11(2)12-5-8-15(14(17)9-12)28(26,27)24-29(18,19,20,21)22/h3-9,11,24H,1-2H3,(H,23,25). The Morgan fingerprint density at radius 2 is 1.55 bits per heavy atom. The lowest BCUT2D eigenvalue weighted by molar-refractivity contribution is -0.117. The van der Waals surface area contributed by atoms with Crippen molar-refractivity contribution in [3.63, 3.8) is 0 Å². The highest BCUT2D eigenvalue weighted by Gasteiger charge is 2.66. The van der Waals surface area contributed by atoms with Gasteiger partial charge in [-0.1, -0.05) is 47.3 Å². The number of halogens is 6. The third-order valence-electron chi connectivity index (χ3n) is 3.73. The van der Waals surface area contributed by atoms with E-state index >= 15 is 0 Å². The molecule has 0 aliphatic carbocycles. The van der Waals surface area contributed by atoms with E-state index in [4.69, 9.17) is 0 Å². The molecule has 29 heavy (non-hydrogen) atoms. The molecule has 1 amide bonds. The quantitative estimate of drug-likeness (QED) is 0.567. The number of sulfonamides is 1. The lowest BCUT2D eigenvalue weighted by Gasteiger charge is -2.39. The number of carbonyl (C=O) groups is 1. The van der Waals surface area contributed by atoms with Gasteiger partial charge in [-0.2, -0.15) is 0 Å². The second-order valence-corrected chi connectivity index (χ2v) is 10.4. The molecule has 1 atom stereocenters. The van der Waals surface area contributed by atoms with Crippen LogP contribution in [0.15, 0.2) is 47.4 Å². The molecule has 0 bridgehead atoms. The number of hydrogen-bond acceptors (Lipinski definition) is 3. The second-order valence-electron chi connectivity index (χ2n) is 6.32. The van der Waals surface area contributed by atoms with Gasteiger partial charge in [0.1, 0.15) is 10.7 Å². The number of anilines is 1. The van der Waals surface area contributed by atoms with Crippen molar-refractivity contribution in [2.45, 2.75) is 24.7 Å². The summed E-state index contributed by atoms with van der Waals surface area (Å²) in [5.74, 6) is -3.34. The number of hydrogen-bond donors (Lipinski definition) is 2. The fraction of sp³-hybridized carbons (Fsp3) is 0.188. The normalized spacial score (nSPS) is 15.9. The highest BCUT2D eigenvalue weighted by atomic mass is 32.5. The van der Waals surface area contributed by atoms with Crippen LogP contribution in [-0.2, 0) is 14.8 Å². The van der Waals surface area contributed by atoms with Crippen LogP contribution >= 0.6 is 10.4 Å². The SMILES string of the molecule is Cc1ccc(NC(=O)C(C)c2ccc(S(=O)(=O)NS(F)(F)(F)(F)F)c(F)c2)cc1. The van der Waals surface area contributed by atoms with Crippen molar-refractivity contribution >= 4 is 32.0 Å². The van der Waals surface area contributed by atoms with Crippen molar-refractivity contribution in [1.29, 1.82) is 0 Å². The van der Waals surface area contributed by atoms with Crippen LogP contribution in [0.4, 0.5) is 29.5 Å². The molecule has 0 aliphatic heterocycles. The molecule has 162 valence electrons. The summed E-state index contributed by atoms with van der Waals surface area (Å²) < 4.78 is 98.6. The van der Waals surface area contributed by atoms with E-state index in [0.29, 0.717) is 17.8 Å². The van der Waals surface area contributed by atoms with E-state index in [2.05, 4.69) is 5.32 Å². The molecule has 0 saturated carbocycles. The van der Waals surface area contributed by atoms with Crippen LogP contribution in [0, 0.1) is 12.7 Å². The fourth-order valence-corrected chi connectivity index (χ4v) is 4.88. The average Bonchev–Trinajstić information content (AvgIpc) is 2.52. The molecule has 2 aromatic carbocycles. The van der Waals surface area contributed by atoms with Crippen LogP contribution < -0.4 is 9.44 Å². The number of carbonyl (C=O) groups excluding carboxylic acids is 1. The van der Waals surface area contributed by atoms with Gasteiger partial charge >= 0.3 is 10.4 Å². The zero-order valence-corrected chi connectivity index (χ0v) is 16.6. The summed E-state index contributed by atoms with van der Waals surface area (Å²) in [5.41, 5.74) is 1.31. The summed E-state index contributed by atoms with van der Waals surface area (Å²) in [4.78, 5) is 10.6. The molecule has 13 heteroatoms. The Bertz CT molecular complexity index is 1060. The zero-order chi connectivity index (χ0) is 22.3. The number of aryl methyl sites for hydroxylation is 1. The van der Waals surface area contributed by atoms with Crippen molar-refractivity contribution in [3.05, 3.63) is 59.4 Å². The maximum absolute atomic E-state index is 14.1. The Balaban J connectivity index is 2.26. The number of nitrogens with one attached hydrogen (secondary N) is 2. The lowest BCUT2D eigenvalue weighted by atomic mass is 10.00. The van der Waals surface area contributed by atoms with E-state index in [0.717, 1.165) is 11.6 Å². The second kappa shape index (κ2) is 6.64. The predicted molar refractivity (Wildman–Crippen MR) is 98.1 cm³/mol. The molecule has 0 heterocycles. The van der Waals surface area contributed by atoms with Crippen molar-refractivity contribution in [2.75, 3.05) is 5.32 Å². The molecule has 2 N–H and O–H groups in total. The first kappa shape index (κ1) is 23.0. The van der Waals surface area contributed by atoms with Gasteiger partial charge in [0.25, 0.3) is 10.0 Å². The monoisotopic (exact) mass is 462 g/mol. The van der Waals surface area contributed by atoms with Gasteiger partial charge in [0.15, 0.2) is 0 Å². The summed E-state index contributed by atoms with van der Waals surface area (Å²) in [5, 5.41) is 2.54. The van der Waals surface area contributed by atoms with E-state index in [1.54, 1.807) is 24.3 Å². The Kier molecular flexibility index (Phi) is 5.27. The van der Waals surface area contributed by atoms with E-state index in [1.165, 1.54) is 6.92 Å². The van der Waals surface area contributed by atoms with Gasteiger partial charge < -0.3 is 5.32 Å². The summed E-state index contributed by atoms with van der Waals surface area (Å²) in [6.45, 7) is 3.18. The van der Waals surface area contributed by atoms with Crippen LogP contribution in [0.25, 0.3) is 0 Å². The Morgan fingerprint density at radius 3 is 2.03 bits per heavy atom. The first-order valence-corrected chi connectivity index (χ1v) is 11.3. The van der Waals surface area contributed by atoms with Crippen LogP contribution in [0.3, 0.4) is 0 Å². The molecule has 0 aliphatic rings. The third-order valence-corrected chi connectivity index (χ3v) is 6.77. The number of amides is 1. The first-order valence-electron chi connectivity index (χ1n) is 7.82. The van der Waals surface area contributed by atoms with Crippen LogP contribution in [-0.4, -0.2) is 14.3 Å². The van der Waals surface area contributed by atoms with Crippen LogP contribution in [0.1, 0.15) is 24.0 Å². The lowest BCUT2D eigenvalue weighted by Crippen LogP contribution is -2.34. The largest absolute Gasteiger partial charge is 0.355 e. The maximum Gasteiger partial charge on any atom is 0.355 e. The smallest absolute Gasteiger partial charge is 0.326 e. The topological polar surface area (TPSA) is 75.3 Å². The first-order chi connectivity index (χ1) is 12.9.